The number of nitro groups is 1. The van der Waals surface area contributed by atoms with Crippen LogP contribution >= 0.6 is 15.9 Å². The van der Waals surface area contributed by atoms with Crippen LogP contribution in [0.5, 0.6) is 0 Å². The molecule has 2 N–H and O–H groups in total. The summed E-state index contributed by atoms with van der Waals surface area (Å²) in [5.74, 6) is -0.941. The molecule has 0 aliphatic rings. The van der Waals surface area contributed by atoms with Gasteiger partial charge >= 0.3 is 5.82 Å². The van der Waals surface area contributed by atoms with Gasteiger partial charge in [-0.05, 0) is 58.1 Å². The molecular weight excluding hydrogens is 482 g/mol. The number of benzene rings is 1. The first-order valence-corrected chi connectivity index (χ1v) is 10.5. The third-order valence-corrected chi connectivity index (χ3v) is 6.10. The normalized spacial score (nSPS) is 11.1. The summed E-state index contributed by atoms with van der Waals surface area (Å²) in [6, 6.07) is 6.99. The second kappa shape index (κ2) is 8.54. The van der Waals surface area contributed by atoms with Crippen LogP contribution in [0, 0.1) is 17.0 Å². The van der Waals surface area contributed by atoms with Crippen molar-refractivity contribution in [2.24, 2.45) is 0 Å². The Morgan fingerprint density at radius 2 is 1.87 bits per heavy atom. The smallest absolute Gasteiger partial charge is 0.358 e. The lowest BCUT2D eigenvalue weighted by atomic mass is 10.3. The van der Waals surface area contributed by atoms with Crippen molar-refractivity contribution in [1.29, 1.82) is 0 Å². The fourth-order valence-electron chi connectivity index (χ4n) is 2.36. The van der Waals surface area contributed by atoms with E-state index in [4.69, 9.17) is 0 Å². The molecule has 3 rings (SSSR count). The molecule has 0 spiro atoms. The van der Waals surface area contributed by atoms with E-state index in [2.05, 4.69) is 41.0 Å². The molecule has 3 aromatic rings. The van der Waals surface area contributed by atoms with E-state index in [-0.39, 0.29) is 27.7 Å². The fourth-order valence-corrected chi connectivity index (χ4v) is 3.75. The van der Waals surface area contributed by atoms with Crippen LogP contribution in [0.15, 0.2) is 52.1 Å². The Morgan fingerprint density at radius 3 is 2.43 bits per heavy atom. The first-order chi connectivity index (χ1) is 14.2. The molecule has 0 aliphatic carbocycles. The van der Waals surface area contributed by atoms with Crippen molar-refractivity contribution in [3.05, 3.63) is 63.0 Å². The number of carbonyl (C=O) groups excluding carboxylic acids is 1. The maximum Gasteiger partial charge on any atom is 0.404 e. The average Bonchev–Trinajstić information content (AvgIpc) is 2.97. The molecule has 156 valence electrons. The van der Waals surface area contributed by atoms with Crippen molar-refractivity contribution >= 4 is 49.3 Å². The molecule has 2 aromatic heterocycles. The molecule has 0 unspecified atom stereocenters. The third-order valence-electron chi connectivity index (χ3n) is 3.82. The Morgan fingerprint density at radius 1 is 1.23 bits per heavy atom. The predicted octanol–water partition coefficient (Wildman–Crippen LogP) is 2.09. The highest BCUT2D eigenvalue weighted by Gasteiger charge is 2.24. The second-order valence-electron chi connectivity index (χ2n) is 5.89. The van der Waals surface area contributed by atoms with Crippen molar-refractivity contribution in [3.8, 4) is 0 Å². The molecule has 14 heteroatoms. The van der Waals surface area contributed by atoms with Crippen molar-refractivity contribution in [2.45, 2.75) is 18.4 Å². The van der Waals surface area contributed by atoms with Gasteiger partial charge in [0.1, 0.15) is 11.0 Å². The monoisotopic (exact) mass is 495 g/mol. The molecule has 12 nitrogen and oxygen atoms in total. The van der Waals surface area contributed by atoms with E-state index in [1.54, 1.807) is 13.0 Å². The number of sulfonamides is 1. The number of aromatic nitrogens is 4. The molecule has 0 atom stereocenters. The molecule has 0 saturated carbocycles. The summed E-state index contributed by atoms with van der Waals surface area (Å²) in [5.41, 5.74) is 0.765. The molecular formula is C16H14BrN7O5S. The van der Waals surface area contributed by atoms with E-state index in [1.807, 2.05) is 0 Å². The highest BCUT2D eigenvalue weighted by atomic mass is 79.9. The zero-order chi connectivity index (χ0) is 21.9. The molecule has 0 radical (unpaired) electrons. The zero-order valence-electron chi connectivity index (χ0n) is 15.3. The maximum absolute atomic E-state index is 12.4. The van der Waals surface area contributed by atoms with Crippen LogP contribution in [-0.4, -0.2) is 39.0 Å². The quantitative estimate of drug-likeness (QED) is 0.371. The van der Waals surface area contributed by atoms with E-state index >= 15 is 0 Å². The summed E-state index contributed by atoms with van der Waals surface area (Å²) in [6.07, 6.45) is 2.80. The van der Waals surface area contributed by atoms with Gasteiger partial charge in [-0.3, -0.25) is 4.79 Å². The lowest BCUT2D eigenvalue weighted by molar-refractivity contribution is -0.390. The third kappa shape index (κ3) is 4.77. The predicted molar refractivity (Wildman–Crippen MR) is 109 cm³/mol. The van der Waals surface area contributed by atoms with Gasteiger partial charge in [-0.2, -0.15) is 4.68 Å². The minimum Gasteiger partial charge on any atom is -0.358 e. The van der Waals surface area contributed by atoms with Crippen LogP contribution in [0.1, 0.15) is 5.69 Å². The summed E-state index contributed by atoms with van der Waals surface area (Å²) < 4.78 is 28.3. The van der Waals surface area contributed by atoms with E-state index in [1.165, 1.54) is 41.3 Å². The van der Waals surface area contributed by atoms with E-state index in [9.17, 15) is 23.3 Å². The number of carbonyl (C=O) groups is 1. The van der Waals surface area contributed by atoms with Crippen LogP contribution in [-0.2, 0) is 21.4 Å². The first-order valence-electron chi connectivity index (χ1n) is 8.24. The van der Waals surface area contributed by atoms with Gasteiger partial charge in [0.25, 0.3) is 10.0 Å². The summed E-state index contributed by atoms with van der Waals surface area (Å²) in [4.78, 5) is 30.1. The lowest BCUT2D eigenvalue weighted by Gasteiger charge is -2.08. The number of amides is 1. The maximum atomic E-state index is 12.4. The molecule has 0 aliphatic heterocycles. The van der Waals surface area contributed by atoms with Crippen molar-refractivity contribution in [2.75, 3.05) is 10.0 Å². The van der Waals surface area contributed by atoms with Crippen LogP contribution in [0.4, 0.5) is 17.5 Å². The van der Waals surface area contributed by atoms with Gasteiger partial charge in [0, 0.05) is 18.1 Å². The Balaban J connectivity index is 1.68. The van der Waals surface area contributed by atoms with E-state index < -0.39 is 20.9 Å². The fraction of sp³-hybridized carbons (Fsp3) is 0.125. The molecule has 30 heavy (non-hydrogen) atoms. The average molecular weight is 496 g/mol. The molecule has 2 heterocycles. The summed E-state index contributed by atoms with van der Waals surface area (Å²) in [7, 11) is -3.89. The van der Waals surface area contributed by atoms with Crippen LogP contribution in [0.3, 0.4) is 0 Å². The van der Waals surface area contributed by atoms with E-state index in [0.717, 1.165) is 0 Å². The number of halogens is 1. The number of nitrogens with zero attached hydrogens (tertiary/aromatic N) is 5. The standard InChI is InChI=1S/C16H14BrN7O5S/c1-10-14(17)15(24(26)27)21-23(10)9-13(25)20-11-3-5-12(6-4-11)30(28,29)22-16-18-7-2-8-19-16/h2-8H,9H2,1H3,(H,20,25)(H,18,19,22). The zero-order valence-corrected chi connectivity index (χ0v) is 17.7. The summed E-state index contributed by atoms with van der Waals surface area (Å²) in [6.45, 7) is 1.33. The van der Waals surface area contributed by atoms with Gasteiger partial charge in [-0.1, -0.05) is 0 Å². The minimum atomic E-state index is -3.89. The number of nitrogens with one attached hydrogen (secondary N) is 2. The highest BCUT2D eigenvalue weighted by Crippen LogP contribution is 2.27. The summed E-state index contributed by atoms with van der Waals surface area (Å²) in [5, 5.41) is 17.3. The van der Waals surface area contributed by atoms with Gasteiger partial charge in [0.2, 0.25) is 11.9 Å². The Kier molecular flexibility index (Phi) is 6.07. The number of hydrogen-bond donors (Lipinski definition) is 2. The van der Waals surface area contributed by atoms with Crippen LogP contribution < -0.4 is 10.0 Å². The largest absolute Gasteiger partial charge is 0.404 e. The molecule has 1 aromatic carbocycles. The SMILES string of the molecule is Cc1c(Br)c([N+](=O)[O-])nn1CC(=O)Nc1ccc(S(=O)(=O)Nc2ncccn2)cc1. The molecule has 0 fully saturated rings. The van der Waals surface area contributed by atoms with Gasteiger partial charge in [0.15, 0.2) is 0 Å². The Bertz CT molecular complexity index is 1200. The topological polar surface area (TPSA) is 162 Å². The van der Waals surface area contributed by atoms with Crippen LogP contribution in [0.25, 0.3) is 0 Å². The summed E-state index contributed by atoms with van der Waals surface area (Å²) >= 11 is 3.08. The van der Waals surface area contributed by atoms with Crippen LogP contribution in [0.2, 0.25) is 0 Å². The second-order valence-corrected chi connectivity index (χ2v) is 8.36. The molecule has 0 saturated heterocycles. The van der Waals surface area contributed by atoms with Crippen molar-refractivity contribution < 1.29 is 18.1 Å². The Hall–Kier alpha value is -3.39. The lowest BCUT2D eigenvalue weighted by Crippen LogP contribution is -2.20. The van der Waals surface area contributed by atoms with Crippen molar-refractivity contribution in [1.82, 2.24) is 19.7 Å². The van der Waals surface area contributed by atoms with Gasteiger partial charge < -0.3 is 15.4 Å². The van der Waals surface area contributed by atoms with Gasteiger partial charge in [0.05, 0.1) is 15.7 Å². The number of hydrogen-bond acceptors (Lipinski definition) is 8. The minimum absolute atomic E-state index is 0.0459. The van der Waals surface area contributed by atoms with Gasteiger partial charge in [-0.15, -0.1) is 0 Å². The van der Waals surface area contributed by atoms with Gasteiger partial charge in [-0.25, -0.2) is 23.1 Å². The van der Waals surface area contributed by atoms with E-state index in [0.29, 0.717) is 11.4 Å². The van der Waals surface area contributed by atoms with Crippen molar-refractivity contribution in [3.63, 3.8) is 0 Å². The Labute approximate surface area is 178 Å². The first kappa shape index (κ1) is 21.3. The molecule has 0 bridgehead atoms. The number of rotatable bonds is 7. The highest BCUT2D eigenvalue weighted by molar-refractivity contribution is 9.10. The number of anilines is 2. The molecule has 1 amide bonds.